The quantitative estimate of drug-likeness (QED) is 0.0345. The molecule has 6 nitrogen and oxygen atoms in total. The van der Waals surface area contributed by atoms with Crippen molar-refractivity contribution in [2.75, 3.05) is 0 Å². The molecule has 0 fully saturated rings. The molecule has 2 unspecified atom stereocenters. The Balaban J connectivity index is 4.04. The normalized spacial score (nSPS) is 12.8. The summed E-state index contributed by atoms with van der Waals surface area (Å²) >= 11 is -3.50. The molecule has 304 valence electrons. The van der Waals surface area contributed by atoms with Crippen LogP contribution < -0.4 is 0 Å². The van der Waals surface area contributed by atoms with Crippen LogP contribution in [0.5, 0.6) is 0 Å². The van der Waals surface area contributed by atoms with Gasteiger partial charge in [0.2, 0.25) is 0 Å². The zero-order valence-electron chi connectivity index (χ0n) is 34.8. The molecule has 2 atom stereocenters. The van der Waals surface area contributed by atoms with Crippen molar-refractivity contribution in [2.24, 2.45) is 0 Å². The van der Waals surface area contributed by atoms with Gasteiger partial charge in [0.05, 0.1) is 0 Å². The van der Waals surface area contributed by atoms with Gasteiger partial charge in [-0.25, -0.2) is 0 Å². The van der Waals surface area contributed by atoms with Crippen molar-refractivity contribution in [3.63, 3.8) is 0 Å². The summed E-state index contributed by atoms with van der Waals surface area (Å²) in [4.78, 5) is 24.5. The first kappa shape index (κ1) is 52.2. The Labute approximate surface area is 345 Å². The third kappa shape index (κ3) is 39.9. The number of hydrogen-bond acceptors (Lipinski definition) is 6. The molecule has 0 saturated carbocycles. The number of hydrogen-bond donors (Lipinski definition) is 0. The Hall–Kier alpha value is 0.197. The molecule has 8 heteroatoms. The molecule has 0 aromatic carbocycles. The monoisotopic (exact) mass is 948 g/mol. The Morgan fingerprint density at radius 3 is 0.865 bits per heavy atom. The van der Waals surface area contributed by atoms with Crippen LogP contribution in [0.3, 0.4) is 0 Å². The first-order chi connectivity index (χ1) is 25.6. The summed E-state index contributed by atoms with van der Waals surface area (Å²) in [6, 6.07) is 0. The van der Waals surface area contributed by atoms with E-state index in [4.69, 9.17) is 12.3 Å². The number of carbonyl (C=O) groups excluding carboxylic acids is 2. The Morgan fingerprint density at radius 1 is 0.365 bits per heavy atom. The molecular weight excluding hydrogens is 862 g/mol. The van der Waals surface area contributed by atoms with Crippen LogP contribution in [0.15, 0.2) is 12.2 Å². The van der Waals surface area contributed by atoms with Crippen molar-refractivity contribution < 1.29 is 21.9 Å². The van der Waals surface area contributed by atoms with E-state index in [2.05, 4.69) is 27.7 Å². The van der Waals surface area contributed by atoms with Gasteiger partial charge >= 0.3 is 283 Å². The minimum Gasteiger partial charge on any atom is -0.0654 e. The molecule has 0 rings (SSSR count). The summed E-state index contributed by atoms with van der Waals surface area (Å²) < 4.78 is 23.0. The summed E-state index contributed by atoms with van der Waals surface area (Å²) in [5, 5.41) is 0. The van der Waals surface area contributed by atoms with E-state index in [1.54, 1.807) is 0 Å². The van der Waals surface area contributed by atoms with E-state index in [-0.39, 0.29) is 12.2 Å². The summed E-state index contributed by atoms with van der Waals surface area (Å²) in [6.07, 6.45) is 46.6. The Kier molecular flexibility index (Phi) is 44.1. The second-order valence-electron chi connectivity index (χ2n) is 15.2. The van der Waals surface area contributed by atoms with Gasteiger partial charge in [0.25, 0.3) is 0 Å². The number of rotatable bonds is 42. The minimum absolute atomic E-state index is 0.186. The molecule has 0 N–H and O–H groups in total. The van der Waals surface area contributed by atoms with Crippen molar-refractivity contribution >= 4 is 55.9 Å². The average Bonchev–Trinajstić information content (AvgIpc) is 3.15. The molecule has 0 aromatic rings. The molecule has 0 heterocycles. The van der Waals surface area contributed by atoms with Crippen molar-refractivity contribution in [2.45, 2.75) is 258 Å². The predicted molar refractivity (Wildman–Crippen MR) is 222 cm³/mol. The van der Waals surface area contributed by atoms with E-state index in [0.717, 1.165) is 51.4 Å². The van der Waals surface area contributed by atoms with Crippen LogP contribution in [0.25, 0.3) is 0 Å². The molecule has 0 aliphatic rings. The topological polar surface area (TPSA) is 71.1 Å². The zero-order valence-corrected chi connectivity index (χ0v) is 40.5. The standard InChI is InChI=1S/2C20H41O.C4H4O4.2Sn/c2*1-3-5-7-8-9-10-11-12-13-14-15-16-17-19-20(21)18-6-4-2;5-3(6)1-2-4(7)8;;/h2*20H,3-19H2,1-2H3;1-2H,(H,5,6)(H,7,8);;/q2*-1;;2*+2/p-2/b;;2-1-;;. The van der Waals surface area contributed by atoms with Gasteiger partial charge in [-0.2, -0.15) is 0 Å². The molecular formula is C44H84O6Sn2. The van der Waals surface area contributed by atoms with E-state index in [0.29, 0.717) is 0 Å². The van der Waals surface area contributed by atoms with Crippen molar-refractivity contribution in [3.8, 4) is 0 Å². The maximum atomic E-state index is 12.3. The summed E-state index contributed by atoms with van der Waals surface area (Å²) in [5.41, 5.74) is 0. The van der Waals surface area contributed by atoms with Crippen LogP contribution in [0.4, 0.5) is 0 Å². The number of carbonyl (C=O) groups is 2. The van der Waals surface area contributed by atoms with Crippen molar-refractivity contribution in [1.29, 1.82) is 0 Å². The molecule has 52 heavy (non-hydrogen) atoms. The van der Waals surface area contributed by atoms with Crippen LogP contribution in [0.2, 0.25) is 0 Å². The van der Waals surface area contributed by atoms with Crippen LogP contribution >= 0.6 is 0 Å². The fourth-order valence-corrected chi connectivity index (χ4v) is 9.89. The van der Waals surface area contributed by atoms with Crippen LogP contribution in [0.1, 0.15) is 246 Å². The second-order valence-corrected chi connectivity index (χ2v) is 18.6. The number of unbranched alkanes of at least 4 members (excludes halogenated alkanes) is 26. The van der Waals surface area contributed by atoms with Crippen LogP contribution in [0, 0.1) is 0 Å². The molecule has 0 bridgehead atoms. The van der Waals surface area contributed by atoms with E-state index in [1.165, 1.54) is 179 Å². The van der Waals surface area contributed by atoms with Gasteiger partial charge in [-0.05, 0) is 0 Å². The molecule has 0 aromatic heterocycles. The van der Waals surface area contributed by atoms with E-state index in [9.17, 15) is 9.59 Å². The Bertz CT molecular complexity index is 718. The van der Waals surface area contributed by atoms with Crippen LogP contribution in [-0.4, -0.2) is 68.1 Å². The summed E-state index contributed by atoms with van der Waals surface area (Å²) in [5.74, 6) is -1.01. The maximum absolute atomic E-state index is 12.3. The predicted octanol–water partition coefficient (Wildman–Crippen LogP) is 13.8. The fraction of sp³-hybridized carbons (Fsp3) is 0.909. The van der Waals surface area contributed by atoms with E-state index >= 15 is 0 Å². The van der Waals surface area contributed by atoms with E-state index < -0.39 is 55.9 Å². The van der Waals surface area contributed by atoms with Gasteiger partial charge in [-0.3, -0.25) is 0 Å². The van der Waals surface area contributed by atoms with Gasteiger partial charge in [0, 0.05) is 0 Å². The molecule has 0 amide bonds. The summed E-state index contributed by atoms with van der Waals surface area (Å²) in [7, 11) is 0. The van der Waals surface area contributed by atoms with Gasteiger partial charge in [-0.1, -0.05) is 65.2 Å². The zero-order chi connectivity index (χ0) is 38.0. The Morgan fingerprint density at radius 2 is 0.596 bits per heavy atom. The van der Waals surface area contributed by atoms with Gasteiger partial charge < -0.3 is 0 Å². The minimum atomic E-state index is -1.75. The van der Waals surface area contributed by atoms with Crippen molar-refractivity contribution in [3.05, 3.63) is 12.2 Å². The second kappa shape index (κ2) is 43.9. The fourth-order valence-electron chi connectivity index (χ4n) is 6.64. The third-order valence-corrected chi connectivity index (χ3v) is 14.2. The van der Waals surface area contributed by atoms with Crippen molar-refractivity contribution in [1.82, 2.24) is 0 Å². The molecule has 0 aliphatic heterocycles. The molecule has 0 spiro atoms. The van der Waals surface area contributed by atoms with Crippen LogP contribution in [-0.2, 0) is 21.9 Å². The third-order valence-electron chi connectivity index (χ3n) is 10.1. The van der Waals surface area contributed by atoms with Gasteiger partial charge in [-0.15, -0.1) is 0 Å². The van der Waals surface area contributed by atoms with Gasteiger partial charge in [0.1, 0.15) is 0 Å². The molecule has 0 saturated heterocycles. The van der Waals surface area contributed by atoms with Gasteiger partial charge in [0.15, 0.2) is 0 Å². The molecule has 0 aliphatic carbocycles. The smallest absolute Gasteiger partial charge is 0.0654 e. The SMILES string of the molecule is CCCCCCCCCCCCCCCC(CCCC)[O][Sn][O]C(=O)/C=C\C(=O)[O][Sn][O]C(CCCC)CCCCCCCCCCCCCCC. The summed E-state index contributed by atoms with van der Waals surface area (Å²) in [6.45, 7) is 8.96. The first-order valence-corrected chi connectivity index (χ1v) is 27.1. The average molecular weight is 947 g/mol. The first-order valence-electron chi connectivity index (χ1n) is 22.5. The molecule has 4 radical (unpaired) electrons. The van der Waals surface area contributed by atoms with E-state index in [1.807, 2.05) is 0 Å².